The van der Waals surface area contributed by atoms with E-state index >= 15 is 0 Å². The molecule has 2 aromatic heterocycles. The normalized spacial score (nSPS) is 15.9. The Morgan fingerprint density at radius 2 is 2.15 bits per heavy atom. The van der Waals surface area contributed by atoms with Gasteiger partial charge in [0, 0.05) is 32.7 Å². The molecule has 2 heterocycles. The van der Waals surface area contributed by atoms with Crippen LogP contribution in [0.4, 0.5) is 0 Å². The second-order valence-corrected chi connectivity index (χ2v) is 7.45. The minimum absolute atomic E-state index is 0.390. The second kappa shape index (κ2) is 6.37. The van der Waals surface area contributed by atoms with Crippen molar-refractivity contribution in [3.05, 3.63) is 49.9 Å². The van der Waals surface area contributed by atoms with Gasteiger partial charge in [-0.1, -0.05) is 0 Å². The quantitative estimate of drug-likeness (QED) is 0.889. The third kappa shape index (κ3) is 3.13. The number of nitrogens with zero attached hydrogens (tertiary/aromatic N) is 1. The molecule has 2 aromatic rings. The highest BCUT2D eigenvalue weighted by Crippen LogP contribution is 2.34. The zero-order valence-electron chi connectivity index (χ0n) is 11.7. The summed E-state index contributed by atoms with van der Waals surface area (Å²) in [5, 5.41) is 3.46. The number of fused-ring (bicyclic) bond motifs is 1. The van der Waals surface area contributed by atoms with Gasteiger partial charge in [-0.2, -0.15) is 0 Å². The van der Waals surface area contributed by atoms with Crippen molar-refractivity contribution in [2.24, 2.45) is 0 Å². The van der Waals surface area contributed by atoms with Crippen LogP contribution in [-0.4, -0.2) is 12.0 Å². The van der Waals surface area contributed by atoms with E-state index in [1.54, 1.807) is 10.4 Å². The molecule has 4 heteroatoms. The number of hydrogen-bond donors (Lipinski definition) is 1. The third-order valence-corrected chi connectivity index (χ3v) is 5.69. The summed E-state index contributed by atoms with van der Waals surface area (Å²) >= 11 is 5.49. The molecule has 0 saturated carbocycles. The van der Waals surface area contributed by atoms with Crippen molar-refractivity contribution in [2.75, 3.05) is 7.05 Å². The molecule has 3 rings (SSSR count). The van der Waals surface area contributed by atoms with Gasteiger partial charge in [-0.25, -0.2) is 0 Å². The molecular formula is C16H19BrN2S. The van der Waals surface area contributed by atoms with E-state index in [0.29, 0.717) is 6.04 Å². The van der Waals surface area contributed by atoms with Gasteiger partial charge in [-0.3, -0.25) is 4.98 Å². The number of nitrogens with one attached hydrogen (secondary N) is 1. The van der Waals surface area contributed by atoms with Crippen LogP contribution in [0.1, 0.15) is 39.8 Å². The maximum absolute atomic E-state index is 4.26. The number of hydrogen-bond acceptors (Lipinski definition) is 3. The average Bonchev–Trinajstić information content (AvgIpc) is 2.88. The monoisotopic (exact) mass is 350 g/mol. The van der Waals surface area contributed by atoms with Gasteiger partial charge in [0.05, 0.1) is 0 Å². The van der Waals surface area contributed by atoms with Crippen LogP contribution in [0.5, 0.6) is 0 Å². The summed E-state index contributed by atoms with van der Waals surface area (Å²) < 4.78 is 1.05. The summed E-state index contributed by atoms with van der Waals surface area (Å²) in [6.45, 7) is 0. The molecule has 20 heavy (non-hydrogen) atoms. The lowest BCUT2D eigenvalue weighted by Crippen LogP contribution is -2.17. The van der Waals surface area contributed by atoms with Gasteiger partial charge in [0.2, 0.25) is 0 Å². The smallest absolute Gasteiger partial charge is 0.0454 e. The first-order chi connectivity index (χ1) is 9.76. The molecule has 0 fully saturated rings. The topological polar surface area (TPSA) is 24.9 Å². The Bertz CT molecular complexity index is 570. The fourth-order valence-corrected chi connectivity index (χ4v) is 4.61. The summed E-state index contributed by atoms with van der Waals surface area (Å²) in [6, 6.07) is 4.97. The molecular weight excluding hydrogens is 332 g/mol. The Morgan fingerprint density at radius 1 is 1.30 bits per heavy atom. The summed E-state index contributed by atoms with van der Waals surface area (Å²) in [5.74, 6) is 0. The summed E-state index contributed by atoms with van der Waals surface area (Å²) in [4.78, 5) is 7.34. The first-order valence-electron chi connectivity index (χ1n) is 7.14. The Balaban J connectivity index is 1.81. The van der Waals surface area contributed by atoms with Crippen LogP contribution in [-0.2, 0) is 19.3 Å². The van der Waals surface area contributed by atoms with Crippen LogP contribution in [0.15, 0.2) is 29.0 Å². The van der Waals surface area contributed by atoms with Gasteiger partial charge in [-0.15, -0.1) is 11.3 Å². The molecule has 1 aliphatic rings. The van der Waals surface area contributed by atoms with Crippen molar-refractivity contribution in [3.8, 4) is 0 Å². The second-order valence-electron chi connectivity index (χ2n) is 5.36. The molecule has 0 saturated heterocycles. The van der Waals surface area contributed by atoms with Crippen molar-refractivity contribution in [3.63, 3.8) is 0 Å². The number of likely N-dealkylation sites (N-methyl/N-ethyl adjacent to an activating group) is 1. The predicted octanol–water partition coefficient (Wildman–Crippen LogP) is 4.29. The van der Waals surface area contributed by atoms with Gasteiger partial charge in [0.25, 0.3) is 0 Å². The highest BCUT2D eigenvalue weighted by atomic mass is 79.9. The fraction of sp³-hybridized carbons (Fsp3) is 0.438. The highest BCUT2D eigenvalue weighted by molar-refractivity contribution is 9.10. The third-order valence-electron chi connectivity index (χ3n) is 3.91. The Hall–Kier alpha value is -0.710. The minimum atomic E-state index is 0.390. The maximum atomic E-state index is 4.26. The molecule has 0 aliphatic heterocycles. The lowest BCUT2D eigenvalue weighted by molar-refractivity contribution is 0.600. The van der Waals surface area contributed by atoms with E-state index in [-0.39, 0.29) is 0 Å². The fourth-order valence-electron chi connectivity index (χ4n) is 2.83. The lowest BCUT2D eigenvalue weighted by atomic mass is 9.98. The largest absolute Gasteiger partial charge is 0.312 e. The zero-order chi connectivity index (χ0) is 13.9. The summed E-state index contributed by atoms with van der Waals surface area (Å²) in [7, 11) is 2.05. The number of aryl methyl sites for hydroxylation is 2. The van der Waals surface area contributed by atoms with E-state index in [2.05, 4.69) is 45.4 Å². The molecule has 1 atom stereocenters. The molecule has 0 bridgehead atoms. The van der Waals surface area contributed by atoms with Crippen molar-refractivity contribution in [1.82, 2.24) is 10.3 Å². The Morgan fingerprint density at radius 3 is 2.90 bits per heavy atom. The van der Waals surface area contributed by atoms with Crippen molar-refractivity contribution < 1.29 is 0 Å². The average molecular weight is 351 g/mol. The number of thiophene rings is 1. The molecule has 1 unspecified atom stereocenters. The molecule has 0 spiro atoms. The van der Waals surface area contributed by atoms with E-state index in [0.717, 1.165) is 10.9 Å². The number of rotatable bonds is 4. The molecule has 106 valence electrons. The predicted molar refractivity (Wildman–Crippen MR) is 88.4 cm³/mol. The number of aromatic nitrogens is 1. The van der Waals surface area contributed by atoms with Crippen molar-refractivity contribution in [2.45, 2.75) is 38.1 Å². The lowest BCUT2D eigenvalue weighted by Gasteiger charge is -2.14. The van der Waals surface area contributed by atoms with Crippen LogP contribution in [0.2, 0.25) is 0 Å². The maximum Gasteiger partial charge on any atom is 0.0454 e. The van der Waals surface area contributed by atoms with Gasteiger partial charge in [0.15, 0.2) is 0 Å². The molecule has 0 radical (unpaired) electrons. The SMILES string of the molecule is CNC(Cc1cncc(Br)c1)c1cc2c(s1)CCCC2. The Labute approximate surface area is 132 Å². The first kappa shape index (κ1) is 14.2. The minimum Gasteiger partial charge on any atom is -0.312 e. The molecule has 0 amide bonds. The molecule has 1 aliphatic carbocycles. The first-order valence-corrected chi connectivity index (χ1v) is 8.75. The van der Waals surface area contributed by atoms with Crippen LogP contribution in [0.25, 0.3) is 0 Å². The number of pyridine rings is 1. The van der Waals surface area contributed by atoms with Gasteiger partial charge >= 0.3 is 0 Å². The van der Waals surface area contributed by atoms with Gasteiger partial charge in [0.1, 0.15) is 0 Å². The van der Waals surface area contributed by atoms with Crippen LogP contribution in [0.3, 0.4) is 0 Å². The van der Waals surface area contributed by atoms with Crippen LogP contribution >= 0.6 is 27.3 Å². The van der Waals surface area contributed by atoms with E-state index in [1.807, 2.05) is 23.7 Å². The highest BCUT2D eigenvalue weighted by Gasteiger charge is 2.18. The van der Waals surface area contributed by atoms with Crippen LogP contribution in [0, 0.1) is 0 Å². The summed E-state index contributed by atoms with van der Waals surface area (Å²) in [5.41, 5.74) is 2.86. The summed E-state index contributed by atoms with van der Waals surface area (Å²) in [6.07, 6.45) is 10.0. The standard InChI is InChI=1S/C16H19BrN2S/c1-18-14(7-11-6-13(17)10-19-9-11)16-8-12-4-2-3-5-15(12)20-16/h6,8-10,14,18H,2-5,7H2,1H3. The molecule has 2 nitrogen and oxygen atoms in total. The van der Waals surface area contributed by atoms with Crippen molar-refractivity contribution >= 4 is 27.3 Å². The van der Waals surface area contributed by atoms with Gasteiger partial charge in [-0.05, 0) is 78.3 Å². The number of halogens is 1. The van der Waals surface area contributed by atoms with E-state index in [9.17, 15) is 0 Å². The van der Waals surface area contributed by atoms with Crippen molar-refractivity contribution in [1.29, 1.82) is 0 Å². The van der Waals surface area contributed by atoms with E-state index < -0.39 is 0 Å². The Kier molecular flexibility index (Phi) is 4.54. The molecule has 0 aromatic carbocycles. The van der Waals surface area contributed by atoms with E-state index in [4.69, 9.17) is 0 Å². The zero-order valence-corrected chi connectivity index (χ0v) is 14.1. The van der Waals surface area contributed by atoms with Crippen LogP contribution < -0.4 is 5.32 Å². The van der Waals surface area contributed by atoms with E-state index in [1.165, 1.54) is 36.1 Å². The molecule has 1 N–H and O–H groups in total. The van der Waals surface area contributed by atoms with Gasteiger partial charge < -0.3 is 5.32 Å².